The van der Waals surface area contributed by atoms with Gasteiger partial charge in [0.1, 0.15) is 0 Å². The van der Waals surface area contributed by atoms with E-state index in [2.05, 4.69) is 19.0 Å². The molecule has 0 radical (unpaired) electrons. The Hall–Kier alpha value is -1.32. The SMILES string of the molecule is CC(C)(C)S(=O)N[C@@H]1CCCC12CCN(c1ncc(Sc3cccc(Cl)c3Cl)c3nccn13)CC2. The van der Waals surface area contributed by atoms with Crippen molar-refractivity contribution in [1.82, 2.24) is 19.1 Å². The Morgan fingerprint density at radius 3 is 2.66 bits per heavy atom. The Morgan fingerprint density at radius 1 is 1.14 bits per heavy atom. The molecule has 1 N–H and O–H groups in total. The van der Waals surface area contributed by atoms with Crippen molar-refractivity contribution in [1.29, 1.82) is 0 Å². The normalized spacial score (nSPS) is 21.2. The number of nitrogens with one attached hydrogen (secondary N) is 1. The molecule has 1 saturated heterocycles. The molecule has 1 spiro atoms. The fourth-order valence-electron chi connectivity index (χ4n) is 5.25. The average molecular weight is 553 g/mol. The molecule has 35 heavy (non-hydrogen) atoms. The highest BCUT2D eigenvalue weighted by Gasteiger charge is 2.46. The lowest BCUT2D eigenvalue weighted by Gasteiger charge is -2.44. The zero-order valence-corrected chi connectivity index (χ0v) is 23.4. The van der Waals surface area contributed by atoms with E-state index in [0.29, 0.717) is 16.1 Å². The molecule has 2 aromatic heterocycles. The van der Waals surface area contributed by atoms with E-state index < -0.39 is 11.0 Å². The standard InChI is InChI=1S/C25H31Cl2N5OS2/c1-24(2,3)35(33)30-20-8-5-9-25(20)10-13-31(14-11-25)23-29-16-19(22-28-12-15-32(22)23)34-18-7-4-6-17(26)21(18)27/h4,6-7,12,15-16,20,30H,5,8-11,13-14H2,1-3H3/t20-,35?/m1/s1. The summed E-state index contributed by atoms with van der Waals surface area (Å²) in [5.74, 6) is 0.912. The molecule has 2 aliphatic rings. The summed E-state index contributed by atoms with van der Waals surface area (Å²) >= 11 is 14.1. The quantitative estimate of drug-likeness (QED) is 0.398. The predicted molar refractivity (Wildman–Crippen MR) is 146 cm³/mol. The summed E-state index contributed by atoms with van der Waals surface area (Å²) in [7, 11) is -1.04. The summed E-state index contributed by atoms with van der Waals surface area (Å²) in [6.07, 6.45) is 11.3. The Kier molecular flexibility index (Phi) is 7.14. The van der Waals surface area contributed by atoms with Gasteiger partial charge in [-0.25, -0.2) is 18.9 Å². The predicted octanol–water partition coefficient (Wildman–Crippen LogP) is 6.38. The van der Waals surface area contributed by atoms with E-state index in [1.807, 2.05) is 51.5 Å². The maximum absolute atomic E-state index is 12.8. The molecule has 6 nitrogen and oxygen atoms in total. The van der Waals surface area contributed by atoms with Crippen LogP contribution in [0.15, 0.2) is 46.6 Å². The third-order valence-electron chi connectivity index (χ3n) is 7.26. The maximum atomic E-state index is 12.8. The lowest BCUT2D eigenvalue weighted by Crippen LogP contribution is -2.51. The van der Waals surface area contributed by atoms with Gasteiger partial charge in [0.2, 0.25) is 5.95 Å². The van der Waals surface area contributed by atoms with E-state index in [0.717, 1.165) is 53.7 Å². The van der Waals surface area contributed by atoms with Crippen LogP contribution in [0.2, 0.25) is 10.0 Å². The van der Waals surface area contributed by atoms with E-state index in [-0.39, 0.29) is 10.2 Å². The smallest absolute Gasteiger partial charge is 0.211 e. The van der Waals surface area contributed by atoms with Crippen molar-refractivity contribution < 1.29 is 4.21 Å². The number of rotatable bonds is 5. The molecule has 10 heteroatoms. The molecular weight excluding hydrogens is 521 g/mol. The van der Waals surface area contributed by atoms with Crippen molar-refractivity contribution in [2.24, 2.45) is 5.41 Å². The van der Waals surface area contributed by atoms with Crippen LogP contribution in [0, 0.1) is 5.41 Å². The fraction of sp³-hybridized carbons (Fsp3) is 0.520. The van der Waals surface area contributed by atoms with Gasteiger partial charge in [-0.2, -0.15) is 0 Å². The van der Waals surface area contributed by atoms with Gasteiger partial charge in [-0.1, -0.05) is 47.5 Å². The first-order chi connectivity index (χ1) is 16.7. The molecule has 188 valence electrons. The number of hydrogen-bond acceptors (Lipinski definition) is 5. The van der Waals surface area contributed by atoms with Crippen molar-refractivity contribution in [3.8, 4) is 0 Å². The summed E-state index contributed by atoms with van der Waals surface area (Å²) in [5.41, 5.74) is 1.07. The second-order valence-corrected chi connectivity index (χ2v) is 14.4. The van der Waals surface area contributed by atoms with Crippen LogP contribution in [0.5, 0.6) is 0 Å². The summed E-state index contributed by atoms with van der Waals surface area (Å²) in [5, 5.41) is 1.08. The molecule has 1 unspecified atom stereocenters. The molecule has 1 aliphatic carbocycles. The van der Waals surface area contributed by atoms with Crippen LogP contribution >= 0.6 is 35.0 Å². The van der Waals surface area contributed by atoms with E-state index in [9.17, 15) is 4.21 Å². The molecule has 2 fully saturated rings. The number of halogens is 2. The largest absolute Gasteiger partial charge is 0.342 e. The second-order valence-electron chi connectivity index (χ2n) is 10.5. The molecule has 0 amide bonds. The van der Waals surface area contributed by atoms with Gasteiger partial charge in [0.25, 0.3) is 0 Å². The minimum Gasteiger partial charge on any atom is -0.342 e. The van der Waals surface area contributed by atoms with Crippen LogP contribution in [0.25, 0.3) is 5.65 Å². The molecule has 3 heterocycles. The molecule has 1 aromatic carbocycles. The third-order valence-corrected chi connectivity index (χ3v) is 10.9. The Balaban J connectivity index is 1.34. The fourth-order valence-corrected chi connectivity index (χ4v) is 7.63. The number of hydrogen-bond donors (Lipinski definition) is 1. The van der Waals surface area contributed by atoms with Gasteiger partial charge in [0, 0.05) is 42.6 Å². The zero-order valence-electron chi connectivity index (χ0n) is 20.3. The van der Waals surface area contributed by atoms with E-state index >= 15 is 0 Å². The summed E-state index contributed by atoms with van der Waals surface area (Å²) < 4.78 is 18.1. The first-order valence-corrected chi connectivity index (χ1v) is 14.8. The third kappa shape index (κ3) is 4.97. The van der Waals surface area contributed by atoms with E-state index in [4.69, 9.17) is 28.2 Å². The van der Waals surface area contributed by atoms with Crippen molar-refractivity contribution in [2.75, 3.05) is 18.0 Å². The molecule has 3 aromatic rings. The minimum absolute atomic E-state index is 0.213. The Morgan fingerprint density at radius 2 is 1.91 bits per heavy atom. The number of benzene rings is 1. The van der Waals surface area contributed by atoms with Gasteiger partial charge in [0.05, 0.1) is 30.7 Å². The zero-order chi connectivity index (χ0) is 24.8. The lowest BCUT2D eigenvalue weighted by atomic mass is 9.74. The molecule has 1 saturated carbocycles. The molecular formula is C25H31Cl2N5OS2. The Labute approximate surface area is 223 Å². The van der Waals surface area contributed by atoms with Crippen molar-refractivity contribution in [3.05, 3.63) is 46.8 Å². The number of piperidine rings is 1. The first-order valence-electron chi connectivity index (χ1n) is 12.0. The van der Waals surface area contributed by atoms with Gasteiger partial charge in [-0.3, -0.25) is 4.40 Å². The molecule has 0 bridgehead atoms. The van der Waals surface area contributed by atoms with Crippen LogP contribution in [-0.2, 0) is 11.0 Å². The van der Waals surface area contributed by atoms with Crippen LogP contribution in [-0.4, -0.2) is 42.5 Å². The van der Waals surface area contributed by atoms with Gasteiger partial charge >= 0.3 is 0 Å². The summed E-state index contributed by atoms with van der Waals surface area (Å²) in [4.78, 5) is 13.6. The first kappa shape index (κ1) is 25.3. The molecule has 1 aliphatic heterocycles. The van der Waals surface area contributed by atoms with Crippen LogP contribution < -0.4 is 9.62 Å². The number of imidazole rings is 1. The van der Waals surface area contributed by atoms with Crippen molar-refractivity contribution >= 4 is 57.5 Å². The number of fused-ring (bicyclic) bond motifs is 1. The minimum atomic E-state index is -1.04. The highest BCUT2D eigenvalue weighted by Crippen LogP contribution is 2.47. The number of nitrogens with zero attached hydrogens (tertiary/aromatic N) is 4. The van der Waals surface area contributed by atoms with Crippen molar-refractivity contribution in [3.63, 3.8) is 0 Å². The van der Waals surface area contributed by atoms with E-state index in [1.165, 1.54) is 24.6 Å². The molecule has 2 atom stereocenters. The monoisotopic (exact) mass is 551 g/mol. The highest BCUT2D eigenvalue weighted by molar-refractivity contribution is 7.99. The lowest BCUT2D eigenvalue weighted by molar-refractivity contribution is 0.187. The average Bonchev–Trinajstić information content (AvgIpc) is 3.45. The topological polar surface area (TPSA) is 62.5 Å². The second kappa shape index (κ2) is 9.86. The van der Waals surface area contributed by atoms with E-state index in [1.54, 1.807) is 6.07 Å². The van der Waals surface area contributed by atoms with Crippen molar-refractivity contribution in [2.45, 2.75) is 73.5 Å². The van der Waals surface area contributed by atoms with Crippen LogP contribution in [0.4, 0.5) is 5.95 Å². The maximum Gasteiger partial charge on any atom is 0.211 e. The number of aromatic nitrogens is 3. The van der Waals surface area contributed by atoms with Gasteiger partial charge in [-0.05, 0) is 64.0 Å². The summed E-state index contributed by atoms with van der Waals surface area (Å²) in [6.45, 7) is 7.94. The Bertz CT molecular complexity index is 1250. The van der Waals surface area contributed by atoms with Gasteiger partial charge in [-0.15, -0.1) is 0 Å². The number of anilines is 1. The van der Waals surface area contributed by atoms with Crippen LogP contribution in [0.1, 0.15) is 52.9 Å². The van der Waals surface area contributed by atoms with Crippen LogP contribution in [0.3, 0.4) is 0 Å². The van der Waals surface area contributed by atoms with Gasteiger partial charge in [0.15, 0.2) is 5.65 Å². The highest BCUT2D eigenvalue weighted by atomic mass is 35.5. The van der Waals surface area contributed by atoms with Gasteiger partial charge < -0.3 is 4.90 Å². The summed E-state index contributed by atoms with van der Waals surface area (Å²) in [6, 6.07) is 5.95. The molecule has 5 rings (SSSR count).